The van der Waals surface area contributed by atoms with Gasteiger partial charge in [0.25, 0.3) is 0 Å². The Bertz CT molecular complexity index is 1180. The maximum Gasteiger partial charge on any atom is 0.0824 e. The number of benzene rings is 4. The molecule has 2 aliphatic rings. The highest BCUT2D eigenvalue weighted by Gasteiger charge is 2.61. The fourth-order valence-corrected chi connectivity index (χ4v) is 5.65. The normalized spacial score (nSPS) is 26.6. The molecule has 31 heavy (non-hydrogen) atoms. The molecule has 4 aromatic carbocycles. The fraction of sp³-hybridized carbons (Fsp3) is 0.167. The van der Waals surface area contributed by atoms with Gasteiger partial charge in [-0.2, -0.15) is 0 Å². The molecule has 1 fully saturated rings. The summed E-state index contributed by atoms with van der Waals surface area (Å²) in [6.07, 6.45) is 0. The third kappa shape index (κ3) is 3.21. The lowest BCUT2D eigenvalue weighted by Crippen LogP contribution is -2.22. The van der Waals surface area contributed by atoms with E-state index in [1.165, 1.54) is 28.0 Å². The van der Waals surface area contributed by atoms with Crippen LogP contribution in [-0.2, 0) is 0 Å². The Morgan fingerprint density at radius 2 is 0.871 bits per heavy atom. The second kappa shape index (κ2) is 7.67. The summed E-state index contributed by atoms with van der Waals surface area (Å²) in [5, 5.41) is 0. The molecule has 0 bridgehead atoms. The van der Waals surface area contributed by atoms with Crippen molar-refractivity contribution in [3.63, 3.8) is 0 Å². The molecular formula is C30H25N. The Hall–Kier alpha value is -3.45. The largest absolute Gasteiger partial charge is 0.280 e. The molecule has 0 saturated heterocycles. The van der Waals surface area contributed by atoms with E-state index in [-0.39, 0.29) is 6.04 Å². The summed E-state index contributed by atoms with van der Waals surface area (Å²) in [6, 6.07) is 43.9. The zero-order valence-electron chi connectivity index (χ0n) is 17.4. The number of hydrogen-bond acceptors (Lipinski definition) is 1. The van der Waals surface area contributed by atoms with Crippen molar-refractivity contribution in [2.45, 2.75) is 17.9 Å². The van der Waals surface area contributed by atoms with Gasteiger partial charge in [-0.3, -0.25) is 4.99 Å². The van der Waals surface area contributed by atoms with E-state index in [1.54, 1.807) is 0 Å². The summed E-state index contributed by atoms with van der Waals surface area (Å²) in [6.45, 7) is 0. The van der Waals surface area contributed by atoms with E-state index >= 15 is 0 Å². The third-order valence-electron chi connectivity index (χ3n) is 7.00. The Morgan fingerprint density at radius 1 is 0.419 bits per heavy atom. The summed E-state index contributed by atoms with van der Waals surface area (Å²) >= 11 is 0. The minimum Gasteiger partial charge on any atom is -0.280 e. The van der Waals surface area contributed by atoms with Crippen molar-refractivity contribution in [1.29, 1.82) is 0 Å². The van der Waals surface area contributed by atoms with Crippen LogP contribution in [0.25, 0.3) is 0 Å². The predicted molar refractivity (Wildman–Crippen MR) is 128 cm³/mol. The Kier molecular flexibility index (Phi) is 4.53. The Morgan fingerprint density at radius 3 is 1.42 bits per heavy atom. The molecule has 4 aromatic rings. The number of aliphatic imine (C=N–C) groups is 1. The number of fused-ring (bicyclic) bond motifs is 1. The van der Waals surface area contributed by atoms with Gasteiger partial charge in [-0.15, -0.1) is 0 Å². The molecule has 1 aliphatic carbocycles. The molecule has 1 saturated carbocycles. The van der Waals surface area contributed by atoms with Crippen molar-refractivity contribution in [1.82, 2.24) is 0 Å². The van der Waals surface area contributed by atoms with E-state index in [2.05, 4.69) is 121 Å². The topological polar surface area (TPSA) is 12.4 Å². The molecule has 0 N–H and O–H groups in total. The lowest BCUT2D eigenvalue weighted by Gasteiger charge is -2.30. The Balaban J connectivity index is 1.54. The maximum atomic E-state index is 5.50. The van der Waals surface area contributed by atoms with Crippen molar-refractivity contribution in [2.24, 2.45) is 16.8 Å². The van der Waals surface area contributed by atoms with Crippen LogP contribution in [-0.4, -0.2) is 5.71 Å². The summed E-state index contributed by atoms with van der Waals surface area (Å²) < 4.78 is 0. The van der Waals surface area contributed by atoms with Crippen LogP contribution in [0.15, 0.2) is 126 Å². The van der Waals surface area contributed by atoms with Gasteiger partial charge < -0.3 is 0 Å². The van der Waals surface area contributed by atoms with Gasteiger partial charge in [-0.1, -0.05) is 121 Å². The molecule has 0 spiro atoms. The first-order chi connectivity index (χ1) is 15.4. The highest BCUT2D eigenvalue weighted by Crippen LogP contribution is 2.67. The van der Waals surface area contributed by atoms with Gasteiger partial charge in [0.05, 0.1) is 6.04 Å². The van der Waals surface area contributed by atoms with Crippen molar-refractivity contribution in [2.75, 3.05) is 0 Å². The number of nitrogens with zero attached hydrogens (tertiary/aromatic N) is 1. The standard InChI is InChI=1S/C30H25N/c1-5-13-21(14-6-1)25-27-26(22-15-7-2-8-16-22)29(23-17-9-3-10-18-23)31-30(28(25)27)24-19-11-4-12-20-24/h1-20,25-29H/t25-,26+,27+,28+,29+/m0/s1. The van der Waals surface area contributed by atoms with Crippen LogP contribution in [0, 0.1) is 11.8 Å². The van der Waals surface area contributed by atoms with E-state index in [0.717, 1.165) is 0 Å². The van der Waals surface area contributed by atoms with Gasteiger partial charge in [0.15, 0.2) is 0 Å². The second-order valence-electron chi connectivity index (χ2n) is 8.71. The van der Waals surface area contributed by atoms with Crippen LogP contribution < -0.4 is 0 Å². The lowest BCUT2D eigenvalue weighted by atomic mass is 9.79. The van der Waals surface area contributed by atoms with Crippen LogP contribution in [0.3, 0.4) is 0 Å². The highest BCUT2D eigenvalue weighted by molar-refractivity contribution is 6.06. The van der Waals surface area contributed by atoms with Crippen LogP contribution in [0.2, 0.25) is 0 Å². The Labute approximate surface area is 184 Å². The zero-order chi connectivity index (χ0) is 20.6. The van der Waals surface area contributed by atoms with E-state index in [0.29, 0.717) is 23.7 Å². The van der Waals surface area contributed by atoms with Crippen LogP contribution in [0.4, 0.5) is 0 Å². The molecule has 0 radical (unpaired) electrons. The van der Waals surface area contributed by atoms with E-state index in [4.69, 9.17) is 4.99 Å². The lowest BCUT2D eigenvalue weighted by molar-refractivity contribution is 0.469. The second-order valence-corrected chi connectivity index (χ2v) is 8.71. The molecule has 0 unspecified atom stereocenters. The van der Waals surface area contributed by atoms with Gasteiger partial charge in [0.1, 0.15) is 0 Å². The molecule has 150 valence electrons. The fourth-order valence-electron chi connectivity index (χ4n) is 5.65. The van der Waals surface area contributed by atoms with Crippen molar-refractivity contribution >= 4 is 5.71 Å². The molecule has 1 nitrogen and oxygen atoms in total. The van der Waals surface area contributed by atoms with Gasteiger partial charge >= 0.3 is 0 Å². The molecule has 0 aromatic heterocycles. The molecule has 6 rings (SSSR count). The smallest absolute Gasteiger partial charge is 0.0824 e. The number of rotatable bonds is 4. The monoisotopic (exact) mass is 399 g/mol. The molecule has 0 amide bonds. The minimum absolute atomic E-state index is 0.133. The summed E-state index contributed by atoms with van der Waals surface area (Å²) in [5.41, 5.74) is 6.70. The first kappa shape index (κ1) is 18.3. The minimum atomic E-state index is 0.133. The third-order valence-corrected chi connectivity index (χ3v) is 7.00. The van der Waals surface area contributed by atoms with Crippen LogP contribution in [0.1, 0.15) is 40.1 Å². The van der Waals surface area contributed by atoms with Gasteiger partial charge in [-0.25, -0.2) is 0 Å². The van der Waals surface area contributed by atoms with Gasteiger partial charge in [0, 0.05) is 17.5 Å². The quantitative estimate of drug-likeness (QED) is 0.349. The zero-order valence-corrected chi connectivity index (χ0v) is 17.4. The predicted octanol–water partition coefficient (Wildman–Crippen LogP) is 7.04. The van der Waals surface area contributed by atoms with Crippen LogP contribution in [0.5, 0.6) is 0 Å². The maximum absolute atomic E-state index is 5.50. The first-order valence-corrected chi connectivity index (χ1v) is 11.2. The molecule has 1 aliphatic heterocycles. The van der Waals surface area contributed by atoms with Gasteiger partial charge in [-0.05, 0) is 34.1 Å². The SMILES string of the molecule is c1ccc(C2=N[C@H](c3ccccc3)[C@H](c3ccccc3)[C@@H]3[C@H]2[C@H]3c2ccccc2)cc1. The van der Waals surface area contributed by atoms with Crippen molar-refractivity contribution in [3.8, 4) is 0 Å². The van der Waals surface area contributed by atoms with E-state index in [1.807, 2.05) is 0 Å². The average Bonchev–Trinajstić information content (AvgIpc) is 3.61. The highest BCUT2D eigenvalue weighted by atomic mass is 14.9. The van der Waals surface area contributed by atoms with Crippen LogP contribution >= 0.6 is 0 Å². The van der Waals surface area contributed by atoms with E-state index < -0.39 is 0 Å². The molecule has 1 heteroatoms. The molecular weight excluding hydrogens is 374 g/mol. The van der Waals surface area contributed by atoms with Crippen molar-refractivity contribution in [3.05, 3.63) is 144 Å². The molecule has 1 heterocycles. The molecule has 5 atom stereocenters. The average molecular weight is 400 g/mol. The van der Waals surface area contributed by atoms with Gasteiger partial charge in [0.2, 0.25) is 0 Å². The first-order valence-electron chi connectivity index (χ1n) is 11.2. The van der Waals surface area contributed by atoms with Crippen molar-refractivity contribution < 1.29 is 0 Å². The summed E-state index contributed by atoms with van der Waals surface area (Å²) in [7, 11) is 0. The van der Waals surface area contributed by atoms with E-state index in [9.17, 15) is 0 Å². The summed E-state index contributed by atoms with van der Waals surface area (Å²) in [4.78, 5) is 5.50. The number of hydrogen-bond donors (Lipinski definition) is 0. The summed E-state index contributed by atoms with van der Waals surface area (Å²) in [5.74, 6) is 1.92.